The van der Waals surface area contributed by atoms with Crippen molar-refractivity contribution < 1.29 is 23.9 Å². The number of nitrogens with one attached hydrogen (secondary N) is 3. The number of rotatable bonds is 12. The summed E-state index contributed by atoms with van der Waals surface area (Å²) >= 11 is 4.65. The van der Waals surface area contributed by atoms with Crippen molar-refractivity contribution in [3.8, 4) is 22.6 Å². The number of anilines is 1. The van der Waals surface area contributed by atoms with E-state index in [4.69, 9.17) is 9.47 Å². The van der Waals surface area contributed by atoms with E-state index in [-0.39, 0.29) is 29.2 Å². The molecular weight excluding hydrogens is 707 g/mol. The number of aryl methyl sites for hydroxylation is 1. The summed E-state index contributed by atoms with van der Waals surface area (Å²) in [5.41, 5.74) is 5.08. The predicted octanol–water partition coefficient (Wildman–Crippen LogP) is 4.33. The molecule has 0 spiro atoms. The topological polar surface area (TPSA) is 151 Å². The fourth-order valence-electron chi connectivity index (χ4n) is 8.38. The van der Waals surface area contributed by atoms with E-state index in [2.05, 4.69) is 50.5 Å². The summed E-state index contributed by atoms with van der Waals surface area (Å²) in [4.78, 5) is 54.4. The van der Waals surface area contributed by atoms with Gasteiger partial charge in [-0.1, -0.05) is 12.1 Å². The van der Waals surface area contributed by atoms with Crippen molar-refractivity contribution in [2.75, 3.05) is 51.5 Å². The molecule has 0 bridgehead atoms. The predicted molar refractivity (Wildman–Crippen MR) is 210 cm³/mol. The Morgan fingerprint density at radius 1 is 1.02 bits per heavy atom. The number of H-pyrrole nitrogens is 1. The minimum Gasteiger partial charge on any atom is -0.496 e. The van der Waals surface area contributed by atoms with Crippen LogP contribution in [-0.4, -0.2) is 94.5 Å². The van der Waals surface area contributed by atoms with Crippen LogP contribution in [0.3, 0.4) is 0 Å². The fourth-order valence-corrected chi connectivity index (χ4v) is 8.69. The molecule has 3 saturated heterocycles. The van der Waals surface area contributed by atoms with E-state index in [1.54, 1.807) is 32.0 Å². The second-order valence-electron chi connectivity index (χ2n) is 14.9. The van der Waals surface area contributed by atoms with E-state index >= 15 is 0 Å². The second kappa shape index (κ2) is 16.3. The van der Waals surface area contributed by atoms with Gasteiger partial charge in [0.15, 0.2) is 0 Å². The summed E-state index contributed by atoms with van der Waals surface area (Å²) in [5, 5.41) is 13.3. The number of hydrogen-bond donors (Lipinski definition) is 4. The summed E-state index contributed by atoms with van der Waals surface area (Å²) in [6.45, 7) is 3.89. The van der Waals surface area contributed by atoms with Gasteiger partial charge in [0.05, 0.1) is 26.0 Å². The highest BCUT2D eigenvalue weighted by Crippen LogP contribution is 2.39. The quantitative estimate of drug-likeness (QED) is 0.122. The highest BCUT2D eigenvalue weighted by atomic mass is 32.1. The first-order chi connectivity index (χ1) is 26.1. The molecule has 2 unspecified atom stereocenters. The summed E-state index contributed by atoms with van der Waals surface area (Å²) in [7, 11) is 5.05. The van der Waals surface area contributed by atoms with E-state index in [0.29, 0.717) is 54.0 Å². The summed E-state index contributed by atoms with van der Waals surface area (Å²) in [6, 6.07) is 11.8. The number of piperidine rings is 2. The van der Waals surface area contributed by atoms with Crippen LogP contribution in [-0.2, 0) is 28.0 Å². The number of aromatic nitrogens is 3. The molecule has 0 saturated carbocycles. The van der Waals surface area contributed by atoms with E-state index < -0.39 is 6.04 Å². The molecule has 0 aliphatic carbocycles. The Morgan fingerprint density at radius 2 is 1.74 bits per heavy atom. The van der Waals surface area contributed by atoms with Crippen LogP contribution in [0.4, 0.5) is 5.69 Å². The number of benzene rings is 2. The van der Waals surface area contributed by atoms with Crippen LogP contribution in [0.15, 0.2) is 53.6 Å². The number of amides is 3. The number of nitrogens with zero attached hydrogens (tertiary/aromatic N) is 4. The van der Waals surface area contributed by atoms with Gasteiger partial charge in [0.2, 0.25) is 17.7 Å². The van der Waals surface area contributed by atoms with Crippen molar-refractivity contribution in [2.45, 2.75) is 57.0 Å². The van der Waals surface area contributed by atoms with Gasteiger partial charge in [-0.2, -0.15) is 17.7 Å². The first-order valence-electron chi connectivity index (χ1n) is 18.8. The Bertz CT molecular complexity index is 2050. The third kappa shape index (κ3) is 7.85. The van der Waals surface area contributed by atoms with Gasteiger partial charge in [-0.15, -0.1) is 0 Å². The number of methoxy groups -OCH3 is 2. The van der Waals surface area contributed by atoms with Crippen molar-refractivity contribution in [3.05, 3.63) is 70.3 Å². The smallest absolute Gasteiger partial charge is 0.276 e. The van der Waals surface area contributed by atoms with Crippen LogP contribution < -0.4 is 25.7 Å². The molecule has 4 aromatic rings. The molecule has 2 aromatic carbocycles. The van der Waals surface area contributed by atoms with E-state index in [1.807, 2.05) is 35.4 Å². The average Bonchev–Trinajstić information content (AvgIpc) is 3.87. The zero-order valence-electron chi connectivity index (χ0n) is 31.1. The molecule has 7 rings (SSSR count). The van der Waals surface area contributed by atoms with Crippen molar-refractivity contribution in [3.63, 3.8) is 0 Å². The van der Waals surface area contributed by atoms with E-state index in [9.17, 15) is 19.2 Å². The Labute approximate surface area is 320 Å². The van der Waals surface area contributed by atoms with Gasteiger partial charge < -0.3 is 24.3 Å². The van der Waals surface area contributed by atoms with Gasteiger partial charge in [-0.05, 0) is 85.9 Å². The monoisotopic (exact) mass is 755 g/mol. The molecule has 3 fully saturated rings. The lowest BCUT2D eigenvalue weighted by molar-refractivity contribution is -0.136. The number of pyridine rings is 1. The Morgan fingerprint density at radius 3 is 2.41 bits per heavy atom. The molecule has 13 nitrogen and oxygen atoms in total. The van der Waals surface area contributed by atoms with Gasteiger partial charge in [-0.25, -0.2) is 0 Å². The molecular formula is C40H49N7O6S. The molecule has 3 aliphatic heterocycles. The first-order valence-corrected chi connectivity index (χ1v) is 19.4. The van der Waals surface area contributed by atoms with E-state index in [1.165, 1.54) is 5.56 Å². The number of thiol groups is 1. The standard InChI is InChI=1S/C40H49N7O6S/c1-45-21-31(30-19-41-44-37(30)40(45)51)27-17-34(52-2)32(35(18-27)53-3)22-46-13-10-24(20-46)16-28(23-54)39(50)47-14-11-26(12-15-47)25-4-6-29(7-5-25)42-33-8-9-36(48)43-38(33)49/h4-7,17-19,21,24,26,28,33,42,54H,8-16,20,22-23H2,1-3H3,(H,41,44)(H,43,48,49)/t24-,28?,33?/m1/s1. The van der Waals surface area contributed by atoms with Crippen molar-refractivity contribution in [1.82, 2.24) is 29.9 Å². The van der Waals surface area contributed by atoms with Crippen LogP contribution in [0.5, 0.6) is 11.5 Å². The molecule has 14 heteroatoms. The van der Waals surface area contributed by atoms with Gasteiger partial charge in [0, 0.05) is 74.2 Å². The number of hydrogen-bond acceptors (Lipinski definition) is 10. The molecule has 54 heavy (non-hydrogen) atoms. The lowest BCUT2D eigenvalue weighted by Crippen LogP contribution is -2.47. The minimum atomic E-state index is -0.407. The number of carbonyl (C=O) groups excluding carboxylic acids is 3. The summed E-state index contributed by atoms with van der Waals surface area (Å²) < 4.78 is 13.4. The zero-order chi connectivity index (χ0) is 37.9. The van der Waals surface area contributed by atoms with Crippen LogP contribution in [0, 0.1) is 11.8 Å². The van der Waals surface area contributed by atoms with Crippen LogP contribution in [0.2, 0.25) is 0 Å². The fraction of sp³-hybridized carbons (Fsp3) is 0.475. The SMILES string of the molecule is COc1cc(-c2cn(C)c(=O)c3[nH]ncc23)cc(OC)c1CN1CC[C@H](CC(CS)C(=O)N2CCC(c3ccc(NC4CCC(=O)NC4=O)cc3)CC2)C1. The first kappa shape index (κ1) is 37.5. The Kier molecular flexibility index (Phi) is 11.3. The third-order valence-corrected chi connectivity index (χ3v) is 11.9. The van der Waals surface area contributed by atoms with Crippen molar-refractivity contribution >= 4 is 46.9 Å². The van der Waals surface area contributed by atoms with E-state index in [0.717, 1.165) is 79.6 Å². The molecule has 3 atom stereocenters. The molecule has 0 radical (unpaired) electrons. The molecule has 3 N–H and O–H groups in total. The maximum Gasteiger partial charge on any atom is 0.276 e. The van der Waals surface area contributed by atoms with Gasteiger partial charge in [0.25, 0.3) is 5.56 Å². The van der Waals surface area contributed by atoms with Crippen molar-refractivity contribution in [2.24, 2.45) is 18.9 Å². The number of ether oxygens (including phenoxy) is 2. The molecule has 286 valence electrons. The Balaban J connectivity index is 0.931. The maximum absolute atomic E-state index is 13.8. The van der Waals surface area contributed by atoms with Gasteiger partial charge in [0.1, 0.15) is 23.1 Å². The maximum atomic E-state index is 13.8. The molecule has 2 aromatic heterocycles. The molecule has 5 heterocycles. The lowest BCUT2D eigenvalue weighted by atomic mass is 9.88. The van der Waals surface area contributed by atoms with Crippen LogP contribution >= 0.6 is 12.6 Å². The third-order valence-electron chi connectivity index (χ3n) is 11.4. The number of fused-ring (bicyclic) bond motifs is 1. The second-order valence-corrected chi connectivity index (χ2v) is 15.2. The number of carbonyl (C=O) groups is 3. The number of aromatic amines is 1. The molecule has 3 aliphatic rings. The van der Waals surface area contributed by atoms with Gasteiger partial charge >= 0.3 is 0 Å². The highest BCUT2D eigenvalue weighted by Gasteiger charge is 2.33. The highest BCUT2D eigenvalue weighted by molar-refractivity contribution is 7.80. The normalized spacial score (nSPS) is 20.3. The van der Waals surface area contributed by atoms with Gasteiger partial charge in [-0.3, -0.25) is 34.5 Å². The summed E-state index contributed by atoms with van der Waals surface area (Å²) in [6.07, 6.45) is 7.93. The Hall–Kier alpha value is -4.82. The lowest BCUT2D eigenvalue weighted by Gasteiger charge is -2.35. The van der Waals surface area contributed by atoms with Crippen LogP contribution in [0.25, 0.3) is 22.0 Å². The zero-order valence-corrected chi connectivity index (χ0v) is 32.0. The number of imide groups is 1. The minimum absolute atomic E-state index is 0.127. The molecule has 3 amide bonds. The largest absolute Gasteiger partial charge is 0.496 e. The van der Waals surface area contributed by atoms with Crippen molar-refractivity contribution in [1.29, 1.82) is 0 Å². The number of likely N-dealkylation sites (tertiary alicyclic amines) is 2. The van der Waals surface area contributed by atoms with Crippen LogP contribution in [0.1, 0.15) is 55.6 Å². The average molecular weight is 756 g/mol. The summed E-state index contributed by atoms with van der Waals surface area (Å²) in [5.74, 6) is 2.27.